The van der Waals surface area contributed by atoms with E-state index in [1.54, 1.807) is 6.33 Å². The lowest BCUT2D eigenvalue weighted by Gasteiger charge is -2.28. The highest BCUT2D eigenvalue weighted by atomic mass is 15.3. The van der Waals surface area contributed by atoms with E-state index in [0.717, 1.165) is 61.8 Å². The molecular formula is C17H21N7. The Bertz CT molecular complexity index is 819. The molecule has 0 aliphatic carbocycles. The number of anilines is 2. The zero-order valence-electron chi connectivity index (χ0n) is 13.5. The maximum atomic E-state index is 5.74. The Balaban J connectivity index is 1.57. The van der Waals surface area contributed by atoms with Crippen molar-refractivity contribution in [2.75, 3.05) is 36.8 Å². The number of aryl methyl sites for hydroxylation is 2. The predicted octanol–water partition coefficient (Wildman–Crippen LogP) is 1.06. The molecule has 3 aromatic rings. The second-order valence-electron chi connectivity index (χ2n) is 6.04. The van der Waals surface area contributed by atoms with Crippen molar-refractivity contribution in [1.29, 1.82) is 0 Å². The van der Waals surface area contributed by atoms with E-state index in [9.17, 15) is 0 Å². The average Bonchev–Trinajstić information content (AvgIpc) is 3.05. The second kappa shape index (κ2) is 6.45. The minimum Gasteiger partial charge on any atom is -0.399 e. The van der Waals surface area contributed by atoms with Crippen LogP contribution < -0.4 is 16.0 Å². The molecule has 1 saturated heterocycles. The molecule has 2 aromatic heterocycles. The van der Waals surface area contributed by atoms with Crippen molar-refractivity contribution >= 4 is 22.7 Å². The van der Waals surface area contributed by atoms with Crippen molar-refractivity contribution < 1.29 is 0 Å². The Kier molecular flexibility index (Phi) is 4.00. The molecule has 0 atom stereocenters. The highest BCUT2D eigenvalue weighted by Crippen LogP contribution is 2.22. The number of nitrogens with zero attached hydrogens (tertiary/aromatic N) is 5. The lowest BCUT2D eigenvalue weighted by atomic mass is 10.1. The predicted molar refractivity (Wildman–Crippen MR) is 95.0 cm³/mol. The van der Waals surface area contributed by atoms with Crippen LogP contribution >= 0.6 is 0 Å². The summed E-state index contributed by atoms with van der Waals surface area (Å²) in [5, 5.41) is 3.36. The Morgan fingerprint density at radius 3 is 2.62 bits per heavy atom. The molecule has 1 aromatic carbocycles. The van der Waals surface area contributed by atoms with Crippen LogP contribution in [0, 0.1) is 0 Å². The molecule has 0 unspecified atom stereocenters. The quantitative estimate of drug-likeness (QED) is 0.699. The average molecular weight is 323 g/mol. The normalized spacial score (nSPS) is 15.1. The van der Waals surface area contributed by atoms with Gasteiger partial charge in [0.05, 0.1) is 6.33 Å². The molecule has 7 heteroatoms. The van der Waals surface area contributed by atoms with Gasteiger partial charge in [-0.05, 0) is 24.1 Å². The summed E-state index contributed by atoms with van der Waals surface area (Å²) in [5.74, 6) is 0.938. The van der Waals surface area contributed by atoms with Crippen LogP contribution in [0.2, 0.25) is 0 Å². The third kappa shape index (κ3) is 2.90. The zero-order valence-corrected chi connectivity index (χ0v) is 13.5. The maximum absolute atomic E-state index is 5.74. The lowest BCUT2D eigenvalue weighted by Crippen LogP contribution is -2.44. The first-order chi connectivity index (χ1) is 11.8. The molecule has 4 rings (SSSR count). The van der Waals surface area contributed by atoms with Gasteiger partial charge in [0.15, 0.2) is 17.0 Å². The number of nitrogens with one attached hydrogen (secondary N) is 1. The Hall–Kier alpha value is -2.67. The monoisotopic (exact) mass is 323 g/mol. The fraction of sp³-hybridized carbons (Fsp3) is 0.353. The van der Waals surface area contributed by atoms with Crippen LogP contribution in [0.4, 0.5) is 11.5 Å². The minimum absolute atomic E-state index is 0.792. The van der Waals surface area contributed by atoms with E-state index in [1.165, 1.54) is 5.56 Å². The van der Waals surface area contributed by atoms with Crippen molar-refractivity contribution in [3.8, 4) is 0 Å². The molecule has 1 fully saturated rings. The molecule has 0 spiro atoms. The number of imidazole rings is 1. The summed E-state index contributed by atoms with van der Waals surface area (Å²) in [4.78, 5) is 15.8. The van der Waals surface area contributed by atoms with Crippen LogP contribution in [-0.2, 0) is 13.0 Å². The van der Waals surface area contributed by atoms with Crippen LogP contribution in [0.3, 0.4) is 0 Å². The molecular weight excluding hydrogens is 302 g/mol. The maximum Gasteiger partial charge on any atom is 0.165 e. The van der Waals surface area contributed by atoms with Gasteiger partial charge in [-0.15, -0.1) is 0 Å². The van der Waals surface area contributed by atoms with E-state index in [0.29, 0.717) is 0 Å². The van der Waals surface area contributed by atoms with Crippen molar-refractivity contribution in [1.82, 2.24) is 24.8 Å². The molecule has 24 heavy (non-hydrogen) atoms. The Morgan fingerprint density at radius 2 is 1.83 bits per heavy atom. The van der Waals surface area contributed by atoms with E-state index >= 15 is 0 Å². The van der Waals surface area contributed by atoms with Gasteiger partial charge in [-0.3, -0.25) is 0 Å². The summed E-state index contributed by atoms with van der Waals surface area (Å²) in [5.41, 5.74) is 9.57. The Labute approximate surface area is 140 Å². The van der Waals surface area contributed by atoms with Gasteiger partial charge in [0.1, 0.15) is 6.33 Å². The topological polar surface area (TPSA) is 84.9 Å². The second-order valence-corrected chi connectivity index (χ2v) is 6.04. The van der Waals surface area contributed by atoms with Gasteiger partial charge in [0.25, 0.3) is 0 Å². The smallest absolute Gasteiger partial charge is 0.165 e. The highest BCUT2D eigenvalue weighted by molar-refractivity contribution is 5.83. The molecule has 7 nitrogen and oxygen atoms in total. The number of nitrogen functional groups attached to an aromatic ring is 1. The zero-order chi connectivity index (χ0) is 16.4. The molecule has 0 saturated carbocycles. The fourth-order valence-electron chi connectivity index (χ4n) is 3.07. The summed E-state index contributed by atoms with van der Waals surface area (Å²) in [7, 11) is 0. The van der Waals surface area contributed by atoms with Crippen LogP contribution in [0.1, 0.15) is 5.56 Å². The third-order valence-electron chi connectivity index (χ3n) is 4.42. The van der Waals surface area contributed by atoms with Crippen molar-refractivity contribution in [3.63, 3.8) is 0 Å². The molecule has 1 aliphatic rings. The van der Waals surface area contributed by atoms with Gasteiger partial charge < -0.3 is 20.5 Å². The first kappa shape index (κ1) is 14.9. The molecule has 0 amide bonds. The van der Waals surface area contributed by atoms with Gasteiger partial charge in [-0.1, -0.05) is 12.1 Å². The van der Waals surface area contributed by atoms with Gasteiger partial charge in [0.2, 0.25) is 0 Å². The van der Waals surface area contributed by atoms with Crippen LogP contribution in [0.25, 0.3) is 11.2 Å². The summed E-state index contributed by atoms with van der Waals surface area (Å²) in [6, 6.07) is 8.00. The molecule has 3 heterocycles. The third-order valence-corrected chi connectivity index (χ3v) is 4.42. The molecule has 1 aliphatic heterocycles. The lowest BCUT2D eigenvalue weighted by molar-refractivity contribution is 0.585. The number of benzene rings is 1. The van der Waals surface area contributed by atoms with E-state index in [1.807, 2.05) is 18.5 Å². The highest BCUT2D eigenvalue weighted by Gasteiger charge is 2.17. The van der Waals surface area contributed by atoms with Crippen molar-refractivity contribution in [2.45, 2.75) is 13.0 Å². The van der Waals surface area contributed by atoms with E-state index in [4.69, 9.17) is 5.73 Å². The number of hydrogen-bond acceptors (Lipinski definition) is 6. The largest absolute Gasteiger partial charge is 0.399 e. The van der Waals surface area contributed by atoms with Gasteiger partial charge in [-0.25, -0.2) is 15.0 Å². The van der Waals surface area contributed by atoms with Crippen LogP contribution in [-0.4, -0.2) is 45.7 Å². The van der Waals surface area contributed by atoms with Gasteiger partial charge >= 0.3 is 0 Å². The van der Waals surface area contributed by atoms with Gasteiger partial charge in [0, 0.05) is 38.4 Å². The number of aromatic nitrogens is 4. The molecule has 3 N–H and O–H groups in total. The minimum atomic E-state index is 0.792. The molecule has 0 radical (unpaired) electrons. The number of rotatable bonds is 4. The number of nitrogens with two attached hydrogens (primary N) is 1. The van der Waals surface area contributed by atoms with Crippen molar-refractivity contribution in [2.24, 2.45) is 0 Å². The molecule has 124 valence electrons. The Morgan fingerprint density at radius 1 is 1.04 bits per heavy atom. The summed E-state index contributed by atoms with van der Waals surface area (Å²) in [6.45, 7) is 4.68. The van der Waals surface area contributed by atoms with Crippen LogP contribution in [0.15, 0.2) is 36.9 Å². The van der Waals surface area contributed by atoms with Gasteiger partial charge in [-0.2, -0.15) is 0 Å². The summed E-state index contributed by atoms with van der Waals surface area (Å²) >= 11 is 0. The van der Waals surface area contributed by atoms with E-state index in [2.05, 4.69) is 41.9 Å². The first-order valence-electron chi connectivity index (χ1n) is 8.27. The number of piperazine rings is 1. The number of hydrogen-bond donors (Lipinski definition) is 2. The molecule has 0 bridgehead atoms. The standard InChI is InChI=1S/C17H21N7/c18-14-3-1-13(2-4-14)5-8-24-12-22-15-16(20-11-21-17(15)24)23-9-6-19-7-10-23/h1-4,11-12,19H,5-10,18H2. The summed E-state index contributed by atoms with van der Waals surface area (Å²) < 4.78 is 2.10. The van der Waals surface area contributed by atoms with Crippen LogP contribution in [0.5, 0.6) is 0 Å². The van der Waals surface area contributed by atoms with Crippen molar-refractivity contribution in [3.05, 3.63) is 42.5 Å². The fourth-order valence-corrected chi connectivity index (χ4v) is 3.07. The first-order valence-corrected chi connectivity index (χ1v) is 8.27. The van der Waals surface area contributed by atoms with E-state index in [-0.39, 0.29) is 0 Å². The number of fused-ring (bicyclic) bond motifs is 1. The summed E-state index contributed by atoms with van der Waals surface area (Å²) in [6.07, 6.45) is 4.42. The van der Waals surface area contributed by atoms with E-state index < -0.39 is 0 Å². The SMILES string of the molecule is Nc1ccc(CCn2cnc3c(N4CCNCC4)ncnc32)cc1.